The van der Waals surface area contributed by atoms with Gasteiger partial charge in [-0.05, 0) is 54.4 Å². The van der Waals surface area contributed by atoms with Crippen LogP contribution in [0.5, 0.6) is 0 Å². The first-order chi connectivity index (χ1) is 13.8. The fourth-order valence-corrected chi connectivity index (χ4v) is 3.90. The van der Waals surface area contributed by atoms with E-state index in [-0.39, 0.29) is 11.9 Å². The van der Waals surface area contributed by atoms with Crippen LogP contribution in [0.1, 0.15) is 22.0 Å². The molecule has 5 rings (SSSR count). The van der Waals surface area contributed by atoms with Crippen LogP contribution in [0, 0.1) is 0 Å². The summed E-state index contributed by atoms with van der Waals surface area (Å²) in [6.45, 7) is 0.602. The molecule has 0 saturated heterocycles. The lowest BCUT2D eigenvalue weighted by molar-refractivity contribution is 0.0980. The van der Waals surface area contributed by atoms with E-state index in [1.165, 1.54) is 5.56 Å². The highest BCUT2D eigenvalue weighted by molar-refractivity contribution is 6.07. The summed E-state index contributed by atoms with van der Waals surface area (Å²) >= 11 is 0. The average molecular weight is 368 g/mol. The summed E-state index contributed by atoms with van der Waals surface area (Å²) in [5.41, 5.74) is 3.82. The fraction of sp³-hybridized carbons (Fsp3) is 0.130. The summed E-state index contributed by atoms with van der Waals surface area (Å²) in [7, 11) is 0. The Hall–Kier alpha value is -3.60. The Morgan fingerprint density at radius 2 is 1.79 bits per heavy atom. The van der Waals surface area contributed by atoms with Crippen LogP contribution in [0.4, 0.5) is 5.69 Å². The Labute approximate surface area is 163 Å². The minimum atomic E-state index is 0.0123. The van der Waals surface area contributed by atoms with Crippen LogP contribution < -0.4 is 4.90 Å². The Balaban J connectivity index is 1.52. The maximum atomic E-state index is 13.5. The standard InChI is InChI=1S/C23H20N4O/c28-23(19-8-5-9-20(16-19)25-12-3-4-13-25)26-17-21(27-14-6-11-24-27)15-18-7-1-2-10-22(18)26/h1-14,16,21H,15,17H2. The van der Waals surface area contributed by atoms with E-state index in [0.29, 0.717) is 12.1 Å². The van der Waals surface area contributed by atoms with Gasteiger partial charge in [0.25, 0.3) is 5.91 Å². The van der Waals surface area contributed by atoms with Crippen LogP contribution in [0.25, 0.3) is 5.69 Å². The molecule has 2 aromatic carbocycles. The third-order valence-electron chi connectivity index (χ3n) is 5.27. The Bertz CT molecular complexity index is 1100. The molecule has 5 heteroatoms. The van der Waals surface area contributed by atoms with Gasteiger partial charge in [0.1, 0.15) is 0 Å². The third kappa shape index (κ3) is 2.91. The molecule has 1 unspecified atom stereocenters. The number of para-hydroxylation sites is 1. The molecule has 138 valence electrons. The van der Waals surface area contributed by atoms with E-state index in [1.807, 2.05) is 93.4 Å². The Kier molecular flexibility index (Phi) is 4.05. The van der Waals surface area contributed by atoms with E-state index in [1.54, 1.807) is 6.20 Å². The van der Waals surface area contributed by atoms with Crippen molar-refractivity contribution in [1.29, 1.82) is 0 Å². The smallest absolute Gasteiger partial charge is 0.258 e. The lowest BCUT2D eigenvalue weighted by Gasteiger charge is -2.35. The molecule has 1 atom stereocenters. The van der Waals surface area contributed by atoms with Gasteiger partial charge in [0.05, 0.1) is 6.04 Å². The van der Waals surface area contributed by atoms with Crippen LogP contribution >= 0.6 is 0 Å². The second-order valence-corrected chi connectivity index (χ2v) is 7.03. The van der Waals surface area contributed by atoms with Crippen molar-refractivity contribution in [2.24, 2.45) is 0 Å². The summed E-state index contributed by atoms with van der Waals surface area (Å²) < 4.78 is 3.96. The number of carbonyl (C=O) groups excluding carboxylic acids is 1. The first kappa shape index (κ1) is 16.6. The summed E-state index contributed by atoms with van der Waals surface area (Å²) in [5, 5.41) is 4.40. The van der Waals surface area contributed by atoms with Crippen molar-refractivity contribution in [2.75, 3.05) is 11.4 Å². The summed E-state index contributed by atoms with van der Waals surface area (Å²) in [6, 6.07) is 21.9. The number of nitrogens with zero attached hydrogens (tertiary/aromatic N) is 4. The minimum Gasteiger partial charge on any atom is -0.324 e. The number of anilines is 1. The lowest BCUT2D eigenvalue weighted by atomic mass is 9.97. The quantitative estimate of drug-likeness (QED) is 0.546. The number of fused-ring (bicyclic) bond motifs is 1. The van der Waals surface area contributed by atoms with Gasteiger partial charge in [-0.2, -0.15) is 5.10 Å². The van der Waals surface area contributed by atoms with E-state index >= 15 is 0 Å². The van der Waals surface area contributed by atoms with Gasteiger partial charge in [0.2, 0.25) is 0 Å². The molecular formula is C23H20N4O. The van der Waals surface area contributed by atoms with E-state index in [2.05, 4.69) is 11.2 Å². The van der Waals surface area contributed by atoms with Gasteiger partial charge in [-0.1, -0.05) is 24.3 Å². The van der Waals surface area contributed by atoms with Gasteiger partial charge >= 0.3 is 0 Å². The molecule has 0 aliphatic carbocycles. The highest BCUT2D eigenvalue weighted by atomic mass is 16.2. The molecule has 0 spiro atoms. The molecule has 5 nitrogen and oxygen atoms in total. The van der Waals surface area contributed by atoms with Crippen molar-refractivity contribution in [3.63, 3.8) is 0 Å². The van der Waals surface area contributed by atoms with Crippen molar-refractivity contribution in [3.8, 4) is 5.69 Å². The van der Waals surface area contributed by atoms with Crippen molar-refractivity contribution >= 4 is 11.6 Å². The first-order valence-corrected chi connectivity index (χ1v) is 9.42. The number of aromatic nitrogens is 3. The number of hydrogen-bond acceptors (Lipinski definition) is 2. The van der Waals surface area contributed by atoms with Gasteiger partial charge < -0.3 is 9.47 Å². The van der Waals surface area contributed by atoms with Crippen molar-refractivity contribution in [2.45, 2.75) is 12.5 Å². The predicted molar refractivity (Wildman–Crippen MR) is 109 cm³/mol. The molecule has 1 aliphatic heterocycles. The predicted octanol–water partition coefficient (Wildman–Crippen LogP) is 4.12. The molecule has 28 heavy (non-hydrogen) atoms. The van der Waals surface area contributed by atoms with Gasteiger partial charge in [0.15, 0.2) is 0 Å². The molecule has 1 aliphatic rings. The number of carbonyl (C=O) groups is 1. The molecule has 3 heterocycles. The zero-order chi connectivity index (χ0) is 18.9. The zero-order valence-electron chi connectivity index (χ0n) is 15.3. The SMILES string of the molecule is O=C(c1cccc(-n2cccc2)c1)N1CC(n2cccn2)Cc2ccccc21. The summed E-state index contributed by atoms with van der Waals surface area (Å²) in [5.74, 6) is 0.0123. The number of rotatable bonds is 3. The monoisotopic (exact) mass is 368 g/mol. The number of amides is 1. The van der Waals surface area contributed by atoms with Crippen molar-refractivity contribution in [1.82, 2.24) is 14.3 Å². The van der Waals surface area contributed by atoms with E-state index < -0.39 is 0 Å². The normalized spacial score (nSPS) is 16.0. The lowest BCUT2D eigenvalue weighted by Crippen LogP contribution is -2.41. The average Bonchev–Trinajstić information content (AvgIpc) is 3.47. The van der Waals surface area contributed by atoms with Crippen LogP contribution in [-0.2, 0) is 6.42 Å². The second kappa shape index (κ2) is 6.85. The number of hydrogen-bond donors (Lipinski definition) is 0. The summed E-state index contributed by atoms with van der Waals surface area (Å²) in [6.07, 6.45) is 8.58. The highest BCUT2D eigenvalue weighted by Crippen LogP contribution is 2.32. The first-order valence-electron chi connectivity index (χ1n) is 9.42. The highest BCUT2D eigenvalue weighted by Gasteiger charge is 2.30. The molecule has 0 saturated carbocycles. The molecule has 4 aromatic rings. The number of benzene rings is 2. The zero-order valence-corrected chi connectivity index (χ0v) is 15.3. The van der Waals surface area contributed by atoms with Crippen LogP contribution in [0.3, 0.4) is 0 Å². The topological polar surface area (TPSA) is 43.1 Å². The van der Waals surface area contributed by atoms with Crippen LogP contribution in [-0.4, -0.2) is 26.8 Å². The maximum Gasteiger partial charge on any atom is 0.258 e. The van der Waals surface area contributed by atoms with Gasteiger partial charge in [0, 0.05) is 48.3 Å². The molecule has 1 amide bonds. The molecular weight excluding hydrogens is 348 g/mol. The third-order valence-corrected chi connectivity index (χ3v) is 5.27. The Morgan fingerprint density at radius 1 is 0.929 bits per heavy atom. The van der Waals surface area contributed by atoms with Crippen LogP contribution in [0.2, 0.25) is 0 Å². The van der Waals surface area contributed by atoms with E-state index in [0.717, 1.165) is 17.8 Å². The summed E-state index contributed by atoms with van der Waals surface area (Å²) in [4.78, 5) is 15.4. The second-order valence-electron chi connectivity index (χ2n) is 7.03. The molecule has 2 aromatic heterocycles. The van der Waals surface area contributed by atoms with E-state index in [4.69, 9.17) is 0 Å². The van der Waals surface area contributed by atoms with Crippen molar-refractivity contribution in [3.05, 3.63) is 103 Å². The molecule has 0 N–H and O–H groups in total. The largest absolute Gasteiger partial charge is 0.324 e. The molecule has 0 fully saturated rings. The van der Waals surface area contributed by atoms with Gasteiger partial charge in [-0.15, -0.1) is 0 Å². The van der Waals surface area contributed by atoms with Gasteiger partial charge in [-0.25, -0.2) is 0 Å². The van der Waals surface area contributed by atoms with Crippen LogP contribution in [0.15, 0.2) is 91.5 Å². The molecule has 0 bridgehead atoms. The van der Waals surface area contributed by atoms with Gasteiger partial charge in [-0.3, -0.25) is 9.48 Å². The Morgan fingerprint density at radius 3 is 2.61 bits per heavy atom. The maximum absolute atomic E-state index is 13.5. The van der Waals surface area contributed by atoms with Crippen molar-refractivity contribution < 1.29 is 4.79 Å². The van der Waals surface area contributed by atoms with E-state index in [9.17, 15) is 4.79 Å². The molecule has 0 radical (unpaired) electrons. The fourth-order valence-electron chi connectivity index (χ4n) is 3.90. The minimum absolute atomic E-state index is 0.0123.